The van der Waals surface area contributed by atoms with Gasteiger partial charge in [0.15, 0.2) is 0 Å². The molecule has 0 saturated carbocycles. The number of aryl methyl sites for hydroxylation is 1. The maximum Gasteiger partial charge on any atom is 0.229 e. The first-order valence-corrected chi connectivity index (χ1v) is 7.38. The number of aromatic nitrogens is 2. The van der Waals surface area contributed by atoms with Crippen molar-refractivity contribution in [1.82, 2.24) is 9.97 Å². The molecule has 0 amide bonds. The number of nitrogens with one attached hydrogen (secondary N) is 2. The molecule has 4 nitrogen and oxygen atoms in total. The Morgan fingerprint density at radius 2 is 1.78 bits per heavy atom. The topological polar surface area (TPSA) is 49.8 Å². The molecule has 1 heterocycles. The van der Waals surface area contributed by atoms with Gasteiger partial charge in [-0.3, -0.25) is 0 Å². The molecular weight excluding hydrogens is 315 g/mol. The van der Waals surface area contributed by atoms with Gasteiger partial charge in [0.1, 0.15) is 11.6 Å². The van der Waals surface area contributed by atoms with E-state index in [9.17, 15) is 4.39 Å². The summed E-state index contributed by atoms with van der Waals surface area (Å²) in [6, 6.07) is 15.4. The molecule has 0 aliphatic heterocycles. The lowest BCUT2D eigenvalue weighted by atomic mass is 10.3. The van der Waals surface area contributed by atoms with Crippen LogP contribution in [0.3, 0.4) is 0 Å². The molecule has 2 N–H and O–H groups in total. The number of hydrogen-bond acceptors (Lipinski definition) is 4. The summed E-state index contributed by atoms with van der Waals surface area (Å²) in [6.07, 6.45) is 0. The Kier molecular flexibility index (Phi) is 4.39. The average molecular weight is 329 g/mol. The first-order valence-electron chi connectivity index (χ1n) is 7.00. The number of benzene rings is 2. The van der Waals surface area contributed by atoms with E-state index in [1.165, 1.54) is 6.07 Å². The van der Waals surface area contributed by atoms with Crippen LogP contribution in [0, 0.1) is 12.7 Å². The molecule has 0 bridgehead atoms. The Morgan fingerprint density at radius 1 is 0.957 bits per heavy atom. The summed E-state index contributed by atoms with van der Waals surface area (Å²) >= 11 is 5.96. The number of rotatable bonds is 4. The van der Waals surface area contributed by atoms with Gasteiger partial charge in [-0.1, -0.05) is 29.8 Å². The van der Waals surface area contributed by atoms with Gasteiger partial charge in [0.05, 0.1) is 5.69 Å². The molecule has 23 heavy (non-hydrogen) atoms. The molecule has 116 valence electrons. The van der Waals surface area contributed by atoms with Gasteiger partial charge < -0.3 is 10.6 Å². The predicted octanol–water partition coefficient (Wildman–Crippen LogP) is 5.06. The summed E-state index contributed by atoms with van der Waals surface area (Å²) in [4.78, 5) is 8.68. The molecular formula is C17H14ClFN4. The first kappa shape index (κ1) is 15.2. The fourth-order valence-electron chi connectivity index (χ4n) is 2.08. The van der Waals surface area contributed by atoms with Crippen molar-refractivity contribution in [2.45, 2.75) is 6.92 Å². The minimum Gasteiger partial charge on any atom is -0.338 e. The van der Waals surface area contributed by atoms with Crippen LogP contribution in [-0.4, -0.2) is 9.97 Å². The van der Waals surface area contributed by atoms with Crippen LogP contribution in [0.1, 0.15) is 5.69 Å². The van der Waals surface area contributed by atoms with Crippen molar-refractivity contribution in [2.75, 3.05) is 10.6 Å². The predicted molar refractivity (Wildman–Crippen MR) is 91.2 cm³/mol. The number of halogens is 2. The highest BCUT2D eigenvalue weighted by atomic mass is 35.5. The van der Waals surface area contributed by atoms with Crippen molar-refractivity contribution in [3.05, 3.63) is 71.1 Å². The lowest BCUT2D eigenvalue weighted by Gasteiger charge is -2.10. The van der Waals surface area contributed by atoms with Gasteiger partial charge in [-0.25, -0.2) is 9.37 Å². The smallest absolute Gasteiger partial charge is 0.229 e. The second kappa shape index (κ2) is 6.62. The highest BCUT2D eigenvalue weighted by Gasteiger charge is 2.06. The zero-order chi connectivity index (χ0) is 16.2. The Hall–Kier alpha value is -2.66. The van der Waals surface area contributed by atoms with Crippen LogP contribution in [0.15, 0.2) is 54.6 Å². The zero-order valence-electron chi connectivity index (χ0n) is 12.3. The second-order valence-corrected chi connectivity index (χ2v) is 5.39. The van der Waals surface area contributed by atoms with Crippen LogP contribution >= 0.6 is 11.6 Å². The van der Waals surface area contributed by atoms with Gasteiger partial charge in [0.2, 0.25) is 5.95 Å². The largest absolute Gasteiger partial charge is 0.338 e. The summed E-state index contributed by atoms with van der Waals surface area (Å²) in [6.45, 7) is 1.84. The van der Waals surface area contributed by atoms with E-state index in [1.54, 1.807) is 36.4 Å². The highest BCUT2D eigenvalue weighted by Crippen LogP contribution is 2.22. The van der Waals surface area contributed by atoms with Crippen molar-refractivity contribution in [3.8, 4) is 0 Å². The van der Waals surface area contributed by atoms with Crippen molar-refractivity contribution in [1.29, 1.82) is 0 Å². The van der Waals surface area contributed by atoms with Gasteiger partial charge >= 0.3 is 0 Å². The molecule has 0 unspecified atom stereocenters. The van der Waals surface area contributed by atoms with E-state index in [0.717, 1.165) is 11.4 Å². The van der Waals surface area contributed by atoms with E-state index >= 15 is 0 Å². The lowest BCUT2D eigenvalue weighted by Crippen LogP contribution is -2.03. The second-order valence-electron chi connectivity index (χ2n) is 4.96. The van der Waals surface area contributed by atoms with E-state index in [-0.39, 0.29) is 5.82 Å². The summed E-state index contributed by atoms with van der Waals surface area (Å²) < 4.78 is 13.7. The normalized spacial score (nSPS) is 10.4. The van der Waals surface area contributed by atoms with Crippen molar-refractivity contribution < 1.29 is 4.39 Å². The van der Waals surface area contributed by atoms with Crippen LogP contribution in [0.2, 0.25) is 5.02 Å². The fraction of sp³-hybridized carbons (Fsp3) is 0.0588. The van der Waals surface area contributed by atoms with E-state index < -0.39 is 0 Å². The summed E-state index contributed by atoms with van der Waals surface area (Å²) in [5.74, 6) is 0.575. The molecule has 2 aromatic carbocycles. The molecule has 3 rings (SSSR count). The first-order chi connectivity index (χ1) is 11.1. The number of anilines is 4. The molecule has 0 saturated heterocycles. The van der Waals surface area contributed by atoms with Crippen molar-refractivity contribution in [2.24, 2.45) is 0 Å². The Morgan fingerprint density at radius 3 is 2.57 bits per heavy atom. The standard InChI is InChI=1S/C17H14ClFN4/c1-11-9-16(22-15-8-3-2-7-14(15)19)23-17(20-11)21-13-6-4-5-12(18)10-13/h2-10H,1H3,(H2,20,21,22,23). The number of hydrogen-bond donors (Lipinski definition) is 2. The van der Waals surface area contributed by atoms with Gasteiger partial charge in [0.25, 0.3) is 0 Å². The molecule has 0 fully saturated rings. The quantitative estimate of drug-likeness (QED) is 0.702. The summed E-state index contributed by atoms with van der Waals surface area (Å²) in [5.41, 5.74) is 1.89. The molecule has 0 atom stereocenters. The Balaban J connectivity index is 1.86. The van der Waals surface area contributed by atoms with Crippen LogP contribution in [0.5, 0.6) is 0 Å². The van der Waals surface area contributed by atoms with E-state index in [1.807, 2.05) is 19.1 Å². The maximum atomic E-state index is 13.7. The van der Waals surface area contributed by atoms with Crippen molar-refractivity contribution in [3.63, 3.8) is 0 Å². The van der Waals surface area contributed by atoms with Crippen molar-refractivity contribution >= 4 is 34.7 Å². The minimum atomic E-state index is -0.340. The molecule has 0 aliphatic carbocycles. The lowest BCUT2D eigenvalue weighted by molar-refractivity contribution is 0.632. The minimum absolute atomic E-state index is 0.340. The van der Waals surface area contributed by atoms with Gasteiger partial charge in [-0.15, -0.1) is 0 Å². The van der Waals surface area contributed by atoms with E-state index in [2.05, 4.69) is 20.6 Å². The van der Waals surface area contributed by atoms with E-state index in [0.29, 0.717) is 22.5 Å². The summed E-state index contributed by atoms with van der Waals surface area (Å²) in [5, 5.41) is 6.66. The van der Waals surface area contributed by atoms with Gasteiger partial charge in [-0.2, -0.15) is 4.98 Å². The Bertz CT molecular complexity index is 838. The fourth-order valence-corrected chi connectivity index (χ4v) is 2.27. The third-order valence-electron chi connectivity index (χ3n) is 3.07. The van der Waals surface area contributed by atoms with E-state index in [4.69, 9.17) is 11.6 Å². The average Bonchev–Trinajstić information content (AvgIpc) is 2.49. The van der Waals surface area contributed by atoms with Crippen LogP contribution in [0.25, 0.3) is 0 Å². The molecule has 6 heteroatoms. The Labute approximate surface area is 138 Å². The molecule has 1 aromatic heterocycles. The van der Waals surface area contributed by atoms with Gasteiger partial charge in [0, 0.05) is 22.5 Å². The van der Waals surface area contributed by atoms with Crippen LogP contribution in [-0.2, 0) is 0 Å². The number of nitrogens with zero attached hydrogens (tertiary/aromatic N) is 2. The SMILES string of the molecule is Cc1cc(Nc2ccccc2F)nc(Nc2cccc(Cl)c2)n1. The van der Waals surface area contributed by atoms with Gasteiger partial charge in [-0.05, 0) is 37.3 Å². The zero-order valence-corrected chi connectivity index (χ0v) is 13.1. The third-order valence-corrected chi connectivity index (χ3v) is 3.31. The van der Waals surface area contributed by atoms with Crippen LogP contribution < -0.4 is 10.6 Å². The summed E-state index contributed by atoms with van der Waals surface area (Å²) in [7, 11) is 0. The monoisotopic (exact) mass is 328 g/mol. The molecule has 0 radical (unpaired) electrons. The highest BCUT2D eigenvalue weighted by molar-refractivity contribution is 6.30. The molecule has 0 aliphatic rings. The molecule has 0 spiro atoms. The van der Waals surface area contributed by atoms with Crippen LogP contribution in [0.4, 0.5) is 27.5 Å². The number of para-hydroxylation sites is 1. The molecule has 3 aromatic rings. The third kappa shape index (κ3) is 3.96. The maximum absolute atomic E-state index is 13.7.